The molecule has 0 N–H and O–H groups in total. The summed E-state index contributed by atoms with van der Waals surface area (Å²) in [7, 11) is 0. The topological polar surface area (TPSA) is 56.5 Å². The Morgan fingerprint density at radius 1 is 0.500 bits per heavy atom. The van der Waals surface area contributed by atoms with Gasteiger partial charge in [-0.3, -0.25) is 4.57 Å². The quantitative estimate of drug-likeness (QED) is 0.204. The van der Waals surface area contributed by atoms with Gasteiger partial charge in [-0.2, -0.15) is 0 Å². The predicted molar refractivity (Wildman–Crippen MR) is 186 cm³/mol. The summed E-state index contributed by atoms with van der Waals surface area (Å²) in [5, 5.41) is 2.45. The maximum Gasteiger partial charge on any atom is 0.165 e. The lowest BCUT2D eigenvalue weighted by Gasteiger charge is -2.23. The van der Waals surface area contributed by atoms with Crippen LogP contribution >= 0.6 is 0 Å². The molecule has 0 saturated heterocycles. The summed E-state index contributed by atoms with van der Waals surface area (Å²) in [5.74, 6) is 2.71. The van der Waals surface area contributed by atoms with Crippen molar-refractivity contribution in [1.82, 2.24) is 24.5 Å². The summed E-state index contributed by atoms with van der Waals surface area (Å²) < 4.78 is 2.33. The van der Waals surface area contributed by atoms with E-state index in [0.717, 1.165) is 28.0 Å². The van der Waals surface area contributed by atoms with Gasteiger partial charge in [0.1, 0.15) is 5.82 Å². The second-order valence-electron chi connectivity index (χ2n) is 12.4. The summed E-state index contributed by atoms with van der Waals surface area (Å²) in [6.07, 6.45) is 1.89. The van der Waals surface area contributed by atoms with Gasteiger partial charge in [0.25, 0.3) is 0 Å². The molecule has 1 aliphatic carbocycles. The number of fused-ring (bicyclic) bond motifs is 7. The molecule has 218 valence electrons. The van der Waals surface area contributed by atoms with Crippen LogP contribution in [0.3, 0.4) is 0 Å². The zero-order chi connectivity index (χ0) is 30.8. The summed E-state index contributed by atoms with van der Waals surface area (Å²) in [5.41, 5.74) is 10.2. The van der Waals surface area contributed by atoms with E-state index in [1.165, 1.54) is 38.5 Å². The first kappa shape index (κ1) is 26.5. The highest BCUT2D eigenvalue weighted by molar-refractivity contribution is 6.13. The van der Waals surface area contributed by atoms with E-state index in [9.17, 15) is 0 Å². The standard InChI is InChI=1S/C41H29N5/c1-41(2)33-19-11-9-17-29(33)31-22-23-32-30-18-10-12-20-34(30)46(37(32)36(31)41)35-24-21-28(25-42-35)40-44-38(26-13-5-3-6-14-26)43-39(45-40)27-15-7-4-8-16-27/h3-25H,1-2H3. The Kier molecular flexibility index (Phi) is 5.78. The Balaban J connectivity index is 1.23. The first-order valence-electron chi connectivity index (χ1n) is 15.6. The van der Waals surface area contributed by atoms with Crippen molar-refractivity contribution in [2.75, 3.05) is 0 Å². The van der Waals surface area contributed by atoms with Gasteiger partial charge in [-0.1, -0.05) is 129 Å². The molecule has 5 aromatic carbocycles. The number of pyridine rings is 1. The van der Waals surface area contributed by atoms with Gasteiger partial charge >= 0.3 is 0 Å². The van der Waals surface area contributed by atoms with Gasteiger partial charge in [0.2, 0.25) is 0 Å². The summed E-state index contributed by atoms with van der Waals surface area (Å²) >= 11 is 0. The van der Waals surface area contributed by atoms with Crippen LogP contribution in [0.4, 0.5) is 0 Å². The van der Waals surface area contributed by atoms with Crippen molar-refractivity contribution < 1.29 is 0 Å². The summed E-state index contributed by atoms with van der Waals surface area (Å²) in [6, 6.07) is 46.2. The van der Waals surface area contributed by atoms with Crippen LogP contribution in [-0.4, -0.2) is 24.5 Å². The third-order valence-corrected chi connectivity index (χ3v) is 9.29. The Bertz CT molecular complexity index is 2370. The van der Waals surface area contributed by atoms with Crippen LogP contribution < -0.4 is 0 Å². The fourth-order valence-electron chi connectivity index (χ4n) is 7.14. The van der Waals surface area contributed by atoms with E-state index < -0.39 is 0 Å². The second kappa shape index (κ2) is 10.0. The lowest BCUT2D eigenvalue weighted by atomic mass is 9.81. The number of benzene rings is 5. The Labute approximate surface area is 266 Å². The van der Waals surface area contributed by atoms with Crippen molar-refractivity contribution in [3.05, 3.63) is 151 Å². The SMILES string of the molecule is CC1(C)c2ccccc2-c2ccc3c4ccccc4n(-c4ccc(-c5nc(-c6ccccc6)nc(-c6ccccc6)n5)cn4)c3c21. The lowest BCUT2D eigenvalue weighted by Crippen LogP contribution is -2.16. The molecule has 8 aromatic rings. The number of para-hydroxylation sites is 1. The zero-order valence-corrected chi connectivity index (χ0v) is 25.5. The molecule has 5 heteroatoms. The summed E-state index contributed by atoms with van der Waals surface area (Å²) in [6.45, 7) is 4.68. The van der Waals surface area contributed by atoms with E-state index in [2.05, 4.69) is 91.2 Å². The fraction of sp³-hybridized carbons (Fsp3) is 0.0732. The van der Waals surface area contributed by atoms with Gasteiger partial charge in [0.15, 0.2) is 17.5 Å². The third kappa shape index (κ3) is 3.95. The Morgan fingerprint density at radius 3 is 1.78 bits per heavy atom. The van der Waals surface area contributed by atoms with Gasteiger partial charge in [-0.05, 0) is 40.5 Å². The van der Waals surface area contributed by atoms with E-state index >= 15 is 0 Å². The van der Waals surface area contributed by atoms with Gasteiger partial charge in [0, 0.05) is 39.1 Å². The first-order chi connectivity index (χ1) is 22.6. The van der Waals surface area contributed by atoms with Crippen LogP contribution in [0.5, 0.6) is 0 Å². The predicted octanol–water partition coefficient (Wildman–Crippen LogP) is 9.67. The molecule has 0 radical (unpaired) electrons. The summed E-state index contributed by atoms with van der Waals surface area (Å²) in [4.78, 5) is 19.8. The van der Waals surface area contributed by atoms with Crippen LogP contribution in [0.25, 0.3) is 72.9 Å². The molecule has 0 fully saturated rings. The van der Waals surface area contributed by atoms with Crippen molar-refractivity contribution in [3.63, 3.8) is 0 Å². The number of aromatic nitrogens is 5. The molecule has 1 aliphatic rings. The van der Waals surface area contributed by atoms with Crippen LogP contribution in [-0.2, 0) is 5.41 Å². The van der Waals surface area contributed by atoms with Crippen molar-refractivity contribution in [2.24, 2.45) is 0 Å². The van der Waals surface area contributed by atoms with E-state index in [1.54, 1.807) is 0 Å². The number of nitrogens with zero attached hydrogens (tertiary/aromatic N) is 5. The molecule has 0 saturated carbocycles. The molecule has 0 spiro atoms. The molecule has 0 aliphatic heterocycles. The second-order valence-corrected chi connectivity index (χ2v) is 12.4. The van der Waals surface area contributed by atoms with E-state index in [0.29, 0.717) is 17.5 Å². The van der Waals surface area contributed by atoms with E-state index in [4.69, 9.17) is 19.9 Å². The minimum absolute atomic E-state index is 0.163. The maximum atomic E-state index is 5.09. The Morgan fingerprint density at radius 2 is 1.11 bits per heavy atom. The number of hydrogen-bond donors (Lipinski definition) is 0. The van der Waals surface area contributed by atoms with E-state index in [1.807, 2.05) is 66.9 Å². The Hall–Kier alpha value is -5.94. The zero-order valence-electron chi connectivity index (χ0n) is 25.5. The average Bonchev–Trinajstić information content (AvgIpc) is 3.57. The van der Waals surface area contributed by atoms with Gasteiger partial charge in [-0.25, -0.2) is 19.9 Å². The monoisotopic (exact) mass is 591 g/mol. The van der Waals surface area contributed by atoms with Crippen LogP contribution in [0.2, 0.25) is 0 Å². The fourth-order valence-corrected chi connectivity index (χ4v) is 7.14. The minimum Gasteiger partial charge on any atom is -0.293 e. The molecular formula is C41H29N5. The van der Waals surface area contributed by atoms with Crippen LogP contribution in [0, 0.1) is 0 Å². The van der Waals surface area contributed by atoms with Crippen molar-refractivity contribution in [2.45, 2.75) is 19.3 Å². The van der Waals surface area contributed by atoms with Crippen molar-refractivity contribution >= 4 is 21.8 Å². The maximum absolute atomic E-state index is 5.09. The largest absolute Gasteiger partial charge is 0.293 e. The highest BCUT2D eigenvalue weighted by Crippen LogP contribution is 2.52. The number of rotatable bonds is 4. The van der Waals surface area contributed by atoms with E-state index in [-0.39, 0.29) is 5.41 Å². The first-order valence-corrected chi connectivity index (χ1v) is 15.6. The lowest BCUT2D eigenvalue weighted by molar-refractivity contribution is 0.663. The highest BCUT2D eigenvalue weighted by atomic mass is 15.1. The molecule has 3 aromatic heterocycles. The van der Waals surface area contributed by atoms with Crippen molar-refractivity contribution in [3.8, 4) is 51.1 Å². The molecule has 9 rings (SSSR count). The third-order valence-electron chi connectivity index (χ3n) is 9.29. The molecule has 0 bridgehead atoms. The minimum atomic E-state index is -0.163. The van der Waals surface area contributed by atoms with Crippen LogP contribution in [0.15, 0.2) is 140 Å². The molecule has 0 atom stereocenters. The van der Waals surface area contributed by atoms with Gasteiger partial charge < -0.3 is 0 Å². The normalized spacial score (nSPS) is 13.2. The number of hydrogen-bond acceptors (Lipinski definition) is 4. The molecule has 3 heterocycles. The molecule has 46 heavy (non-hydrogen) atoms. The van der Waals surface area contributed by atoms with Gasteiger partial charge in [-0.15, -0.1) is 0 Å². The molecule has 5 nitrogen and oxygen atoms in total. The smallest absolute Gasteiger partial charge is 0.165 e. The average molecular weight is 592 g/mol. The molecular weight excluding hydrogens is 562 g/mol. The van der Waals surface area contributed by atoms with Crippen molar-refractivity contribution in [1.29, 1.82) is 0 Å². The highest BCUT2D eigenvalue weighted by Gasteiger charge is 2.38. The van der Waals surface area contributed by atoms with Gasteiger partial charge in [0.05, 0.1) is 11.0 Å². The molecule has 0 unspecified atom stereocenters. The molecule has 0 amide bonds. The van der Waals surface area contributed by atoms with Crippen LogP contribution in [0.1, 0.15) is 25.0 Å².